The fourth-order valence-electron chi connectivity index (χ4n) is 3.33. The fraction of sp³-hybridized carbons (Fsp3) is 0.632. The maximum atomic E-state index is 12.0. The lowest BCUT2D eigenvalue weighted by Crippen LogP contribution is -2.49. The van der Waals surface area contributed by atoms with Gasteiger partial charge in [-0.3, -0.25) is 14.6 Å². The quantitative estimate of drug-likeness (QED) is 0.861. The molecule has 1 aromatic rings. The normalized spacial score (nSPS) is 19.6. The minimum atomic E-state index is 0.149. The van der Waals surface area contributed by atoms with Gasteiger partial charge in [-0.05, 0) is 30.5 Å². The summed E-state index contributed by atoms with van der Waals surface area (Å²) in [5.74, 6) is 1.20. The molecule has 1 aromatic carbocycles. The van der Waals surface area contributed by atoms with Crippen LogP contribution in [0.4, 0.5) is 0 Å². The maximum Gasteiger partial charge on any atom is 0.234 e. The summed E-state index contributed by atoms with van der Waals surface area (Å²) in [7, 11) is 0. The first-order valence-electron chi connectivity index (χ1n) is 9.12. The van der Waals surface area contributed by atoms with Gasteiger partial charge in [0.05, 0.1) is 13.2 Å². The number of rotatable bonds is 6. The third-order valence-electron chi connectivity index (χ3n) is 5.01. The number of hydrogen-bond donors (Lipinski definition) is 1. The highest BCUT2D eigenvalue weighted by Crippen LogP contribution is 2.26. The Bertz CT molecular complexity index is 568. The van der Waals surface area contributed by atoms with Crippen LogP contribution in [0.1, 0.15) is 31.4 Å². The Labute approximate surface area is 145 Å². The second-order valence-corrected chi connectivity index (χ2v) is 6.97. The number of benzene rings is 1. The molecular formula is C19H29N3O2. The molecule has 132 valence electrons. The maximum absolute atomic E-state index is 12.0. The smallest absolute Gasteiger partial charge is 0.234 e. The van der Waals surface area contributed by atoms with Crippen LogP contribution in [0.3, 0.4) is 0 Å². The van der Waals surface area contributed by atoms with Gasteiger partial charge in [0, 0.05) is 45.2 Å². The van der Waals surface area contributed by atoms with Crippen molar-refractivity contribution in [2.45, 2.75) is 39.3 Å². The minimum Gasteiger partial charge on any atom is -0.493 e. The van der Waals surface area contributed by atoms with Crippen molar-refractivity contribution in [3.8, 4) is 5.75 Å². The van der Waals surface area contributed by atoms with Gasteiger partial charge in [0.1, 0.15) is 5.75 Å². The van der Waals surface area contributed by atoms with Crippen LogP contribution in [0.2, 0.25) is 0 Å². The Hall–Kier alpha value is -1.59. The van der Waals surface area contributed by atoms with Crippen LogP contribution >= 0.6 is 0 Å². The van der Waals surface area contributed by atoms with Crippen molar-refractivity contribution in [3.63, 3.8) is 0 Å². The first kappa shape index (κ1) is 17.2. The largest absolute Gasteiger partial charge is 0.493 e. The number of nitrogens with zero attached hydrogens (tertiary/aromatic N) is 2. The van der Waals surface area contributed by atoms with Crippen LogP contribution in [0, 0.1) is 0 Å². The summed E-state index contributed by atoms with van der Waals surface area (Å²) in [6, 6.07) is 6.83. The van der Waals surface area contributed by atoms with E-state index in [1.165, 1.54) is 11.1 Å². The zero-order valence-corrected chi connectivity index (χ0v) is 14.9. The third-order valence-corrected chi connectivity index (χ3v) is 5.01. The molecule has 2 heterocycles. The van der Waals surface area contributed by atoms with E-state index >= 15 is 0 Å². The summed E-state index contributed by atoms with van der Waals surface area (Å²) in [6.07, 6.45) is 2.01. The van der Waals surface area contributed by atoms with Crippen LogP contribution in [-0.2, 0) is 17.8 Å². The summed E-state index contributed by atoms with van der Waals surface area (Å²) in [5, 5.41) is 3.05. The van der Waals surface area contributed by atoms with Crippen LogP contribution in [0.5, 0.6) is 5.75 Å². The highest BCUT2D eigenvalue weighted by Gasteiger charge is 2.20. The van der Waals surface area contributed by atoms with Crippen molar-refractivity contribution in [1.29, 1.82) is 0 Å². The molecule has 0 aliphatic carbocycles. The summed E-state index contributed by atoms with van der Waals surface area (Å²) in [6.45, 7) is 10.4. The highest BCUT2D eigenvalue weighted by atomic mass is 16.5. The average Bonchev–Trinajstić information content (AvgIpc) is 3.04. The van der Waals surface area contributed by atoms with E-state index in [-0.39, 0.29) is 11.9 Å². The lowest BCUT2D eigenvalue weighted by atomic mass is 10.1. The zero-order chi connectivity index (χ0) is 16.9. The Kier molecular flexibility index (Phi) is 5.74. The molecule has 1 amide bonds. The van der Waals surface area contributed by atoms with E-state index < -0.39 is 0 Å². The molecule has 5 nitrogen and oxygen atoms in total. The average molecular weight is 331 g/mol. The minimum absolute atomic E-state index is 0.149. The number of ether oxygens (including phenoxy) is 1. The van der Waals surface area contributed by atoms with E-state index in [1.807, 2.05) is 0 Å². The number of fused-ring (bicyclic) bond motifs is 1. The highest BCUT2D eigenvalue weighted by molar-refractivity contribution is 5.78. The molecule has 2 aliphatic rings. The Balaban J connectivity index is 1.43. The van der Waals surface area contributed by atoms with E-state index in [0.29, 0.717) is 6.54 Å². The van der Waals surface area contributed by atoms with Gasteiger partial charge < -0.3 is 10.1 Å². The Morgan fingerprint density at radius 2 is 2.00 bits per heavy atom. The molecule has 0 spiro atoms. The molecule has 0 saturated carbocycles. The van der Waals surface area contributed by atoms with Crippen molar-refractivity contribution in [2.75, 3.05) is 39.3 Å². The second kappa shape index (κ2) is 7.99. The van der Waals surface area contributed by atoms with E-state index in [2.05, 4.69) is 47.2 Å². The van der Waals surface area contributed by atoms with Crippen molar-refractivity contribution in [2.24, 2.45) is 0 Å². The van der Waals surface area contributed by atoms with Gasteiger partial charge in [0.25, 0.3) is 0 Å². The molecule has 1 N–H and O–H groups in total. The first-order valence-corrected chi connectivity index (χ1v) is 9.12. The first-order chi connectivity index (χ1) is 11.6. The zero-order valence-electron chi connectivity index (χ0n) is 14.9. The predicted molar refractivity (Wildman–Crippen MR) is 95.3 cm³/mol. The lowest BCUT2D eigenvalue weighted by molar-refractivity contribution is -0.123. The molecular weight excluding hydrogens is 302 g/mol. The van der Waals surface area contributed by atoms with Gasteiger partial charge in [-0.2, -0.15) is 0 Å². The van der Waals surface area contributed by atoms with Gasteiger partial charge in [-0.15, -0.1) is 0 Å². The standard InChI is InChI=1S/C19H29N3O2/c1-3-15(2)20-19(23)14-22-9-7-21(8-10-22)13-16-4-5-18-17(12-16)6-11-24-18/h4-5,12,15H,3,6-11,13-14H2,1-2H3,(H,20,23)/t15-/m0/s1. The molecule has 1 fully saturated rings. The number of nitrogens with one attached hydrogen (secondary N) is 1. The molecule has 0 aromatic heterocycles. The lowest BCUT2D eigenvalue weighted by Gasteiger charge is -2.34. The van der Waals surface area contributed by atoms with Gasteiger partial charge >= 0.3 is 0 Å². The van der Waals surface area contributed by atoms with Crippen molar-refractivity contribution in [1.82, 2.24) is 15.1 Å². The molecule has 5 heteroatoms. The van der Waals surface area contributed by atoms with Gasteiger partial charge in [0.15, 0.2) is 0 Å². The number of amides is 1. The van der Waals surface area contributed by atoms with Crippen LogP contribution < -0.4 is 10.1 Å². The molecule has 24 heavy (non-hydrogen) atoms. The van der Waals surface area contributed by atoms with Crippen LogP contribution in [0.15, 0.2) is 18.2 Å². The Morgan fingerprint density at radius 1 is 1.25 bits per heavy atom. The van der Waals surface area contributed by atoms with E-state index in [1.54, 1.807) is 0 Å². The van der Waals surface area contributed by atoms with Crippen molar-refractivity contribution >= 4 is 5.91 Å². The topological polar surface area (TPSA) is 44.8 Å². The summed E-state index contributed by atoms with van der Waals surface area (Å²) < 4.78 is 5.57. The predicted octanol–water partition coefficient (Wildman–Crippen LogP) is 1.65. The van der Waals surface area contributed by atoms with E-state index in [4.69, 9.17) is 4.74 Å². The van der Waals surface area contributed by atoms with Gasteiger partial charge in [0.2, 0.25) is 5.91 Å². The molecule has 0 unspecified atom stereocenters. The van der Waals surface area contributed by atoms with E-state index in [0.717, 1.165) is 57.9 Å². The molecule has 0 bridgehead atoms. The molecule has 1 atom stereocenters. The van der Waals surface area contributed by atoms with Crippen LogP contribution in [0.25, 0.3) is 0 Å². The molecule has 1 saturated heterocycles. The molecule has 2 aliphatic heterocycles. The summed E-state index contributed by atoms with van der Waals surface area (Å²) >= 11 is 0. The van der Waals surface area contributed by atoms with Crippen LogP contribution in [-0.4, -0.2) is 61.1 Å². The fourth-order valence-corrected chi connectivity index (χ4v) is 3.33. The third kappa shape index (κ3) is 4.48. The van der Waals surface area contributed by atoms with E-state index in [9.17, 15) is 4.79 Å². The monoisotopic (exact) mass is 331 g/mol. The number of hydrogen-bond acceptors (Lipinski definition) is 4. The molecule has 3 rings (SSSR count). The number of carbonyl (C=O) groups is 1. The number of piperazine rings is 1. The summed E-state index contributed by atoms with van der Waals surface area (Å²) in [4.78, 5) is 16.7. The Morgan fingerprint density at radius 3 is 2.75 bits per heavy atom. The van der Waals surface area contributed by atoms with Crippen molar-refractivity contribution in [3.05, 3.63) is 29.3 Å². The second-order valence-electron chi connectivity index (χ2n) is 6.97. The van der Waals surface area contributed by atoms with Gasteiger partial charge in [-0.1, -0.05) is 19.1 Å². The summed E-state index contributed by atoms with van der Waals surface area (Å²) in [5.41, 5.74) is 2.70. The molecule has 0 radical (unpaired) electrons. The SMILES string of the molecule is CC[C@H](C)NC(=O)CN1CCN(Cc2ccc3c(c2)CCO3)CC1. The van der Waals surface area contributed by atoms with Gasteiger partial charge in [-0.25, -0.2) is 0 Å². The van der Waals surface area contributed by atoms with Crippen molar-refractivity contribution < 1.29 is 9.53 Å². The number of carbonyl (C=O) groups excluding carboxylic acids is 1.